The molecule has 0 bridgehead atoms. The van der Waals surface area contributed by atoms with Crippen molar-refractivity contribution in [3.8, 4) is 5.75 Å². The Labute approximate surface area is 202 Å². The van der Waals surface area contributed by atoms with E-state index in [1.807, 2.05) is 0 Å². The SMILES string of the molecule is COc1ccc(/C(O)=C2/C(=O)C(=O)N(c3cccc(C(F)(F)F)c3)C2c2ccc([N+](=O)[O-])cc2)cc1. The van der Waals surface area contributed by atoms with Crippen LogP contribution in [0.5, 0.6) is 5.75 Å². The van der Waals surface area contributed by atoms with Gasteiger partial charge in [0, 0.05) is 23.4 Å². The molecule has 1 N–H and O–H groups in total. The second kappa shape index (κ2) is 9.17. The summed E-state index contributed by atoms with van der Waals surface area (Å²) in [6.45, 7) is 0. The van der Waals surface area contributed by atoms with Gasteiger partial charge in [0.1, 0.15) is 11.5 Å². The summed E-state index contributed by atoms with van der Waals surface area (Å²) >= 11 is 0. The van der Waals surface area contributed by atoms with Gasteiger partial charge in [0.15, 0.2) is 0 Å². The third-order valence-electron chi connectivity index (χ3n) is 5.68. The van der Waals surface area contributed by atoms with E-state index in [2.05, 4.69) is 0 Å². The third kappa shape index (κ3) is 4.38. The van der Waals surface area contributed by atoms with Crippen LogP contribution in [0.4, 0.5) is 24.5 Å². The number of Topliss-reactive ketones (excluding diaryl/α,β-unsaturated/α-hetero) is 1. The van der Waals surface area contributed by atoms with E-state index in [0.717, 1.165) is 35.2 Å². The van der Waals surface area contributed by atoms with E-state index in [9.17, 15) is 38.0 Å². The molecule has 1 heterocycles. The van der Waals surface area contributed by atoms with E-state index in [1.54, 1.807) is 0 Å². The van der Waals surface area contributed by atoms with Gasteiger partial charge in [0.05, 0.1) is 29.2 Å². The van der Waals surface area contributed by atoms with Crippen molar-refractivity contribution in [3.63, 3.8) is 0 Å². The molecule has 4 rings (SSSR count). The number of ether oxygens (including phenoxy) is 1. The number of anilines is 1. The number of carbonyl (C=O) groups excluding carboxylic acids is 2. The number of amides is 1. The molecule has 11 heteroatoms. The number of ketones is 1. The fraction of sp³-hybridized carbons (Fsp3) is 0.120. The van der Waals surface area contributed by atoms with Crippen LogP contribution >= 0.6 is 0 Å². The lowest BCUT2D eigenvalue weighted by Crippen LogP contribution is -2.29. The second-order valence-electron chi connectivity index (χ2n) is 7.79. The van der Waals surface area contributed by atoms with Crippen LogP contribution in [0.1, 0.15) is 22.7 Å². The van der Waals surface area contributed by atoms with Crippen molar-refractivity contribution in [2.45, 2.75) is 12.2 Å². The average Bonchev–Trinajstić information content (AvgIpc) is 3.13. The number of hydrogen-bond acceptors (Lipinski definition) is 6. The monoisotopic (exact) mass is 498 g/mol. The van der Waals surface area contributed by atoms with Gasteiger partial charge < -0.3 is 9.84 Å². The normalized spacial score (nSPS) is 17.3. The van der Waals surface area contributed by atoms with Gasteiger partial charge in [0.2, 0.25) is 0 Å². The summed E-state index contributed by atoms with van der Waals surface area (Å²) in [7, 11) is 1.43. The fourth-order valence-corrected chi connectivity index (χ4v) is 3.93. The number of nitro groups is 1. The minimum absolute atomic E-state index is 0.157. The first-order valence-corrected chi connectivity index (χ1v) is 10.4. The number of aliphatic hydroxyl groups is 1. The van der Waals surface area contributed by atoms with Gasteiger partial charge in [-0.3, -0.25) is 24.6 Å². The fourth-order valence-electron chi connectivity index (χ4n) is 3.93. The number of non-ortho nitro benzene ring substituents is 1. The van der Waals surface area contributed by atoms with Crippen molar-refractivity contribution in [1.82, 2.24) is 0 Å². The second-order valence-corrected chi connectivity index (χ2v) is 7.79. The maximum absolute atomic E-state index is 13.4. The molecule has 0 radical (unpaired) electrons. The number of aliphatic hydroxyl groups excluding tert-OH is 1. The molecule has 0 saturated carbocycles. The van der Waals surface area contributed by atoms with E-state index < -0.39 is 40.2 Å². The van der Waals surface area contributed by atoms with Crippen LogP contribution in [-0.2, 0) is 15.8 Å². The van der Waals surface area contributed by atoms with Crippen LogP contribution in [0.15, 0.2) is 78.4 Å². The first-order valence-electron chi connectivity index (χ1n) is 10.4. The van der Waals surface area contributed by atoms with Crippen LogP contribution in [0, 0.1) is 10.1 Å². The number of rotatable bonds is 5. The molecule has 8 nitrogen and oxygen atoms in total. The van der Waals surface area contributed by atoms with Gasteiger partial charge in [-0.15, -0.1) is 0 Å². The van der Waals surface area contributed by atoms with E-state index >= 15 is 0 Å². The zero-order valence-electron chi connectivity index (χ0n) is 18.5. The van der Waals surface area contributed by atoms with Gasteiger partial charge in [-0.25, -0.2) is 0 Å². The Kier molecular flexibility index (Phi) is 6.23. The number of nitro benzene ring substituents is 1. The molecular formula is C25H17F3N2O6. The van der Waals surface area contributed by atoms with E-state index in [0.29, 0.717) is 5.75 Å². The summed E-state index contributed by atoms with van der Waals surface area (Å²) in [5, 5.41) is 22.1. The van der Waals surface area contributed by atoms with Gasteiger partial charge in [0.25, 0.3) is 17.4 Å². The Hall–Kier alpha value is -4.67. The number of benzene rings is 3. The smallest absolute Gasteiger partial charge is 0.416 e. The third-order valence-corrected chi connectivity index (χ3v) is 5.68. The van der Waals surface area contributed by atoms with E-state index in [1.165, 1.54) is 49.6 Å². The molecule has 1 unspecified atom stereocenters. The topological polar surface area (TPSA) is 110 Å². The molecular weight excluding hydrogens is 481 g/mol. The molecule has 3 aromatic rings. The summed E-state index contributed by atoms with van der Waals surface area (Å²) in [6.07, 6.45) is -4.71. The number of halogens is 3. The molecule has 1 fully saturated rings. The average molecular weight is 498 g/mol. The maximum Gasteiger partial charge on any atom is 0.416 e. The summed E-state index contributed by atoms with van der Waals surface area (Å²) in [5.41, 5.74) is -1.60. The molecule has 0 spiro atoms. The number of hydrogen-bond donors (Lipinski definition) is 1. The lowest BCUT2D eigenvalue weighted by Gasteiger charge is -2.26. The predicted molar refractivity (Wildman–Crippen MR) is 122 cm³/mol. The van der Waals surface area contributed by atoms with Gasteiger partial charge in [-0.2, -0.15) is 13.2 Å². The summed E-state index contributed by atoms with van der Waals surface area (Å²) in [5.74, 6) is -2.38. The Morgan fingerprint density at radius 1 is 1.03 bits per heavy atom. The summed E-state index contributed by atoms with van der Waals surface area (Å²) in [6, 6.07) is 13.2. The van der Waals surface area contributed by atoms with Crippen molar-refractivity contribution < 1.29 is 37.5 Å². The van der Waals surface area contributed by atoms with Crippen LogP contribution < -0.4 is 9.64 Å². The number of alkyl halides is 3. The van der Waals surface area contributed by atoms with E-state index in [4.69, 9.17) is 4.74 Å². The summed E-state index contributed by atoms with van der Waals surface area (Å²) < 4.78 is 45.2. The first-order chi connectivity index (χ1) is 17.0. The highest BCUT2D eigenvalue weighted by molar-refractivity contribution is 6.51. The molecule has 0 aliphatic carbocycles. The predicted octanol–water partition coefficient (Wildman–Crippen LogP) is 5.25. The van der Waals surface area contributed by atoms with Crippen LogP contribution in [0.3, 0.4) is 0 Å². The number of nitrogens with zero attached hydrogens (tertiary/aromatic N) is 2. The molecule has 36 heavy (non-hydrogen) atoms. The zero-order valence-corrected chi connectivity index (χ0v) is 18.5. The van der Waals surface area contributed by atoms with Crippen molar-refractivity contribution in [2.24, 2.45) is 0 Å². The molecule has 1 aliphatic rings. The van der Waals surface area contributed by atoms with Crippen molar-refractivity contribution >= 4 is 28.8 Å². The molecule has 184 valence electrons. The Balaban J connectivity index is 1.93. The summed E-state index contributed by atoms with van der Waals surface area (Å²) in [4.78, 5) is 37.5. The molecule has 1 atom stereocenters. The lowest BCUT2D eigenvalue weighted by atomic mass is 9.95. The molecule has 1 amide bonds. The molecule has 1 aliphatic heterocycles. The minimum atomic E-state index is -4.71. The van der Waals surface area contributed by atoms with Crippen LogP contribution in [0.2, 0.25) is 0 Å². The highest BCUT2D eigenvalue weighted by Crippen LogP contribution is 2.43. The van der Waals surface area contributed by atoms with Crippen LogP contribution in [0.25, 0.3) is 5.76 Å². The number of carbonyl (C=O) groups is 2. The van der Waals surface area contributed by atoms with Gasteiger partial charge in [-0.05, 0) is 60.2 Å². The highest BCUT2D eigenvalue weighted by atomic mass is 19.4. The first kappa shape index (κ1) is 24.5. The zero-order chi connectivity index (χ0) is 26.2. The van der Waals surface area contributed by atoms with Gasteiger partial charge in [-0.1, -0.05) is 6.07 Å². The largest absolute Gasteiger partial charge is 0.507 e. The quantitative estimate of drug-likeness (QED) is 0.169. The Bertz CT molecular complexity index is 1380. The maximum atomic E-state index is 13.4. The van der Waals surface area contributed by atoms with Crippen molar-refractivity contribution in [2.75, 3.05) is 12.0 Å². The molecule has 0 aromatic heterocycles. The Morgan fingerprint density at radius 3 is 2.22 bits per heavy atom. The van der Waals surface area contributed by atoms with Gasteiger partial charge >= 0.3 is 6.18 Å². The Morgan fingerprint density at radius 2 is 1.67 bits per heavy atom. The highest BCUT2D eigenvalue weighted by Gasteiger charge is 2.47. The standard InChI is InChI=1S/C25H17F3N2O6/c1-36-19-11-7-15(8-12-19)22(31)20-21(14-5-9-17(10-6-14)30(34)35)29(24(33)23(20)32)18-4-2-3-16(13-18)25(26,27)28/h2-13,21,31H,1H3/b22-20-. The van der Waals surface area contributed by atoms with Crippen molar-refractivity contribution in [1.29, 1.82) is 0 Å². The molecule has 3 aromatic carbocycles. The lowest BCUT2D eigenvalue weighted by molar-refractivity contribution is -0.384. The van der Waals surface area contributed by atoms with Crippen LogP contribution in [-0.4, -0.2) is 28.8 Å². The molecule has 1 saturated heterocycles. The minimum Gasteiger partial charge on any atom is -0.507 e. The van der Waals surface area contributed by atoms with E-state index in [-0.39, 0.29) is 28.1 Å². The van der Waals surface area contributed by atoms with Crippen molar-refractivity contribution in [3.05, 3.63) is 105 Å². The number of methoxy groups -OCH3 is 1.